The van der Waals surface area contributed by atoms with Gasteiger partial charge in [-0.25, -0.2) is 31.9 Å². The van der Waals surface area contributed by atoms with Crippen LogP contribution in [0.5, 0.6) is 0 Å². The molecule has 200 valence electrons. The molecule has 1 saturated heterocycles. The number of aryl methyl sites for hydroxylation is 1. The first-order chi connectivity index (χ1) is 17.5. The molecule has 2 aliphatic rings. The quantitative estimate of drug-likeness (QED) is 0.433. The fourth-order valence-corrected chi connectivity index (χ4v) is 6.84. The molecule has 2 fully saturated rings. The Morgan fingerprint density at radius 3 is 2.68 bits per heavy atom. The van der Waals surface area contributed by atoms with Crippen LogP contribution in [-0.2, 0) is 14.8 Å². The van der Waals surface area contributed by atoms with Gasteiger partial charge in [-0.2, -0.15) is 0 Å². The summed E-state index contributed by atoms with van der Waals surface area (Å²) >= 11 is 0.732. The van der Waals surface area contributed by atoms with E-state index in [0.717, 1.165) is 24.2 Å². The summed E-state index contributed by atoms with van der Waals surface area (Å²) in [6, 6.07) is 3.27. The fourth-order valence-electron chi connectivity index (χ4n) is 4.63. The summed E-state index contributed by atoms with van der Waals surface area (Å²) in [7, 11) is -2.25. The molecule has 1 aliphatic heterocycles. The van der Waals surface area contributed by atoms with Crippen LogP contribution in [-0.4, -0.2) is 73.0 Å². The van der Waals surface area contributed by atoms with Crippen molar-refractivity contribution in [2.45, 2.75) is 62.6 Å². The maximum Gasteiger partial charge on any atom is 0.291 e. The monoisotopic (exact) mass is 553 g/mol. The maximum absolute atomic E-state index is 13.5. The standard InChI is InChI=1S/C23H29F2N7O3S2/c1-12-9-32(10-14(26-12)11-35-4)17-8-15(37(33,34)31-23(3)5-6-23)7-16-18(17)27-13(2)28-19(16)21-29-30-22(36-21)20(24)25/h7-8,12,14,20,26,31H,5-6,9-11H2,1-4H3/t12-,14+/m1/s1. The molecule has 1 aromatic carbocycles. The van der Waals surface area contributed by atoms with Crippen molar-refractivity contribution < 1.29 is 21.9 Å². The molecule has 2 aromatic heterocycles. The molecular weight excluding hydrogens is 524 g/mol. The van der Waals surface area contributed by atoms with Crippen molar-refractivity contribution in [2.24, 2.45) is 0 Å². The lowest BCUT2D eigenvalue weighted by Crippen LogP contribution is -2.57. The summed E-state index contributed by atoms with van der Waals surface area (Å²) in [6.45, 7) is 7.27. The van der Waals surface area contributed by atoms with E-state index >= 15 is 0 Å². The van der Waals surface area contributed by atoms with E-state index in [1.807, 2.05) is 13.8 Å². The van der Waals surface area contributed by atoms with Crippen LogP contribution in [0.2, 0.25) is 0 Å². The second kappa shape index (κ2) is 9.73. The zero-order valence-electron chi connectivity index (χ0n) is 21.0. The molecule has 0 radical (unpaired) electrons. The lowest BCUT2D eigenvalue weighted by Gasteiger charge is -2.39. The van der Waals surface area contributed by atoms with Crippen LogP contribution in [0.25, 0.3) is 21.6 Å². The number of nitrogens with one attached hydrogen (secondary N) is 2. The smallest absolute Gasteiger partial charge is 0.291 e. The molecule has 3 aromatic rings. The number of hydrogen-bond donors (Lipinski definition) is 2. The maximum atomic E-state index is 13.5. The molecule has 0 bridgehead atoms. The number of sulfonamides is 1. The van der Waals surface area contributed by atoms with E-state index in [0.29, 0.717) is 42.1 Å². The molecule has 1 saturated carbocycles. The molecule has 0 spiro atoms. The summed E-state index contributed by atoms with van der Waals surface area (Å²) < 4.78 is 61.7. The number of piperazine rings is 1. The minimum atomic E-state index is -3.89. The van der Waals surface area contributed by atoms with Crippen molar-refractivity contribution in [3.05, 3.63) is 23.0 Å². The normalized spacial score (nSPS) is 21.6. The van der Waals surface area contributed by atoms with Crippen LogP contribution in [0.3, 0.4) is 0 Å². The molecular formula is C23H29F2N7O3S2. The van der Waals surface area contributed by atoms with Crippen LogP contribution in [0, 0.1) is 6.92 Å². The SMILES string of the molecule is COC[C@@H]1CN(c2cc(S(=O)(=O)NC3(C)CC3)cc3c(-c4nnc(C(F)F)s4)nc(C)nc23)C[C@@H](C)N1. The molecule has 14 heteroatoms. The van der Waals surface area contributed by atoms with Gasteiger partial charge in [0.15, 0.2) is 10.0 Å². The second-order valence-electron chi connectivity index (χ2n) is 10.00. The van der Waals surface area contributed by atoms with Crippen LogP contribution in [0.4, 0.5) is 14.5 Å². The zero-order chi connectivity index (χ0) is 26.5. The minimum Gasteiger partial charge on any atom is -0.383 e. The third-order valence-corrected chi connectivity index (χ3v) is 9.11. The van der Waals surface area contributed by atoms with Gasteiger partial charge in [0, 0.05) is 43.2 Å². The van der Waals surface area contributed by atoms with E-state index in [4.69, 9.17) is 4.74 Å². The predicted octanol–water partition coefficient (Wildman–Crippen LogP) is 3.04. The number of alkyl halides is 2. The van der Waals surface area contributed by atoms with Gasteiger partial charge >= 0.3 is 0 Å². The number of ether oxygens (including phenoxy) is 1. The highest BCUT2D eigenvalue weighted by atomic mass is 32.2. The molecule has 2 N–H and O–H groups in total. The summed E-state index contributed by atoms with van der Waals surface area (Å²) in [5.41, 5.74) is 0.954. The number of anilines is 1. The minimum absolute atomic E-state index is 0.0201. The zero-order valence-corrected chi connectivity index (χ0v) is 22.6. The van der Waals surface area contributed by atoms with Crippen molar-refractivity contribution in [3.63, 3.8) is 0 Å². The highest BCUT2D eigenvalue weighted by Crippen LogP contribution is 2.39. The summed E-state index contributed by atoms with van der Waals surface area (Å²) in [6.07, 6.45) is -1.25. The van der Waals surface area contributed by atoms with E-state index in [2.05, 4.69) is 35.1 Å². The average Bonchev–Trinajstić information content (AvgIpc) is 3.33. The molecule has 2 atom stereocenters. The molecule has 1 aliphatic carbocycles. The van der Waals surface area contributed by atoms with Gasteiger partial charge in [0.05, 0.1) is 22.7 Å². The third-order valence-electron chi connectivity index (χ3n) is 6.55. The van der Waals surface area contributed by atoms with E-state index in [1.54, 1.807) is 20.1 Å². The van der Waals surface area contributed by atoms with Gasteiger partial charge < -0.3 is 15.0 Å². The Labute approximate surface area is 217 Å². The van der Waals surface area contributed by atoms with Crippen LogP contribution < -0.4 is 14.9 Å². The third kappa shape index (κ3) is 5.43. The number of aromatic nitrogens is 4. The summed E-state index contributed by atoms with van der Waals surface area (Å²) in [4.78, 5) is 11.3. The van der Waals surface area contributed by atoms with Gasteiger partial charge in [-0.15, -0.1) is 10.2 Å². The van der Waals surface area contributed by atoms with E-state index in [9.17, 15) is 17.2 Å². The second-order valence-corrected chi connectivity index (χ2v) is 12.7. The summed E-state index contributed by atoms with van der Waals surface area (Å²) in [5, 5.41) is 11.2. The topological polar surface area (TPSA) is 122 Å². The van der Waals surface area contributed by atoms with Gasteiger partial charge in [0.2, 0.25) is 10.0 Å². The first kappa shape index (κ1) is 26.2. The molecule has 0 amide bonds. The highest BCUT2D eigenvalue weighted by molar-refractivity contribution is 7.89. The Hall–Kier alpha value is -2.39. The van der Waals surface area contributed by atoms with Crippen molar-refractivity contribution in [3.8, 4) is 10.7 Å². The molecule has 37 heavy (non-hydrogen) atoms. The van der Waals surface area contributed by atoms with Crippen molar-refractivity contribution in [2.75, 3.05) is 31.7 Å². The fraction of sp³-hybridized carbons (Fsp3) is 0.565. The number of benzene rings is 1. The van der Waals surface area contributed by atoms with E-state index in [1.165, 1.54) is 6.07 Å². The molecule has 5 rings (SSSR count). The Morgan fingerprint density at radius 1 is 1.27 bits per heavy atom. The molecule has 0 unspecified atom stereocenters. The molecule has 3 heterocycles. The Kier molecular flexibility index (Phi) is 6.90. The number of fused-ring (bicyclic) bond motifs is 1. The van der Waals surface area contributed by atoms with Crippen molar-refractivity contribution in [1.82, 2.24) is 30.2 Å². The lowest BCUT2D eigenvalue weighted by molar-refractivity contribution is 0.150. The van der Waals surface area contributed by atoms with Crippen molar-refractivity contribution in [1.29, 1.82) is 0 Å². The Balaban J connectivity index is 1.72. The Bertz CT molecular complexity index is 1430. The number of nitrogens with zero attached hydrogens (tertiary/aromatic N) is 5. The van der Waals surface area contributed by atoms with Crippen LogP contribution in [0.15, 0.2) is 17.0 Å². The van der Waals surface area contributed by atoms with Crippen LogP contribution >= 0.6 is 11.3 Å². The lowest BCUT2D eigenvalue weighted by atomic mass is 10.1. The van der Waals surface area contributed by atoms with Gasteiger partial charge in [-0.05, 0) is 45.7 Å². The first-order valence-electron chi connectivity index (χ1n) is 12.0. The summed E-state index contributed by atoms with van der Waals surface area (Å²) in [5.74, 6) is 0.411. The number of halogens is 2. The van der Waals surface area contributed by atoms with E-state index < -0.39 is 27.0 Å². The van der Waals surface area contributed by atoms with Gasteiger partial charge in [0.1, 0.15) is 11.5 Å². The number of methoxy groups -OCH3 is 1. The van der Waals surface area contributed by atoms with E-state index in [-0.39, 0.29) is 27.7 Å². The van der Waals surface area contributed by atoms with Gasteiger partial charge in [-0.3, -0.25) is 0 Å². The number of rotatable bonds is 8. The highest BCUT2D eigenvalue weighted by Gasteiger charge is 2.41. The van der Waals surface area contributed by atoms with Crippen LogP contribution in [0.1, 0.15) is 43.9 Å². The first-order valence-corrected chi connectivity index (χ1v) is 14.3. The Morgan fingerprint density at radius 2 is 2.03 bits per heavy atom. The van der Waals surface area contributed by atoms with Gasteiger partial charge in [-0.1, -0.05) is 11.3 Å². The van der Waals surface area contributed by atoms with Crippen molar-refractivity contribution >= 4 is 38.0 Å². The largest absolute Gasteiger partial charge is 0.383 e. The average molecular weight is 554 g/mol. The number of hydrogen-bond acceptors (Lipinski definition) is 10. The van der Waals surface area contributed by atoms with Gasteiger partial charge in [0.25, 0.3) is 6.43 Å². The molecule has 10 nitrogen and oxygen atoms in total. The predicted molar refractivity (Wildman–Crippen MR) is 137 cm³/mol.